The minimum Gasteiger partial charge on any atom is -0.465 e. The average Bonchev–Trinajstić information content (AvgIpc) is 2.90. The van der Waals surface area contributed by atoms with Crippen LogP contribution < -0.4 is 10.5 Å². The van der Waals surface area contributed by atoms with Crippen molar-refractivity contribution in [2.75, 3.05) is 44.2 Å². The van der Waals surface area contributed by atoms with E-state index in [-0.39, 0.29) is 23.2 Å². The molecule has 0 unspecified atom stereocenters. The van der Waals surface area contributed by atoms with Crippen LogP contribution in [0.25, 0.3) is 5.69 Å². The van der Waals surface area contributed by atoms with Gasteiger partial charge in [0.25, 0.3) is 5.56 Å². The highest BCUT2D eigenvalue weighted by Gasteiger charge is 2.22. The Balaban J connectivity index is 1.79. The first kappa shape index (κ1) is 21.2. The Morgan fingerprint density at radius 2 is 2.00 bits per heavy atom. The summed E-state index contributed by atoms with van der Waals surface area (Å²) >= 11 is 6.28. The van der Waals surface area contributed by atoms with Gasteiger partial charge >= 0.3 is 5.97 Å². The predicted molar refractivity (Wildman–Crippen MR) is 105 cm³/mol. The standard InChI is InChI=1S/C19H21ClF2N4O3/c1-2-29-17(27)12-24-6-3-7-25(9-8-24)16-11-23-26(19(28)18(16)20)15-5-4-13(21)10-14(15)22/h4-5,10-11H,2-3,6-9,12H2,1H3. The first-order chi connectivity index (χ1) is 13.9. The predicted octanol–water partition coefficient (Wildman–Crippen LogP) is 2.24. The summed E-state index contributed by atoms with van der Waals surface area (Å²) in [7, 11) is 0. The highest BCUT2D eigenvalue weighted by molar-refractivity contribution is 6.33. The summed E-state index contributed by atoms with van der Waals surface area (Å²) in [6.45, 7) is 4.76. The van der Waals surface area contributed by atoms with Crippen molar-refractivity contribution in [3.05, 3.63) is 51.4 Å². The molecular formula is C19H21ClF2N4O3. The second-order valence-electron chi connectivity index (χ2n) is 6.58. The number of aromatic nitrogens is 2. The quantitative estimate of drug-likeness (QED) is 0.683. The van der Waals surface area contributed by atoms with Crippen LogP contribution in [-0.2, 0) is 9.53 Å². The van der Waals surface area contributed by atoms with E-state index in [1.807, 2.05) is 9.80 Å². The van der Waals surface area contributed by atoms with Crippen LogP contribution in [0.4, 0.5) is 14.5 Å². The highest BCUT2D eigenvalue weighted by atomic mass is 35.5. The molecule has 29 heavy (non-hydrogen) atoms. The van der Waals surface area contributed by atoms with E-state index in [4.69, 9.17) is 16.3 Å². The maximum atomic E-state index is 14.0. The molecule has 0 N–H and O–H groups in total. The van der Waals surface area contributed by atoms with E-state index >= 15 is 0 Å². The molecule has 0 saturated carbocycles. The molecule has 1 saturated heterocycles. The number of rotatable bonds is 5. The number of hydrogen-bond acceptors (Lipinski definition) is 6. The average molecular weight is 427 g/mol. The molecule has 10 heteroatoms. The minimum atomic E-state index is -0.909. The summed E-state index contributed by atoms with van der Waals surface area (Å²) < 4.78 is 32.9. The van der Waals surface area contributed by atoms with Gasteiger partial charge in [-0.15, -0.1) is 0 Å². The molecule has 2 aromatic rings. The summed E-state index contributed by atoms with van der Waals surface area (Å²) in [4.78, 5) is 28.2. The topological polar surface area (TPSA) is 67.7 Å². The van der Waals surface area contributed by atoms with Crippen molar-refractivity contribution in [2.45, 2.75) is 13.3 Å². The number of carbonyl (C=O) groups excluding carboxylic acids is 1. The monoisotopic (exact) mass is 426 g/mol. The van der Waals surface area contributed by atoms with Crippen molar-refractivity contribution in [1.29, 1.82) is 0 Å². The van der Waals surface area contributed by atoms with Crippen LogP contribution in [0.1, 0.15) is 13.3 Å². The van der Waals surface area contributed by atoms with E-state index in [0.717, 1.165) is 23.2 Å². The third-order valence-corrected chi connectivity index (χ3v) is 4.98. The molecule has 0 spiro atoms. The maximum Gasteiger partial charge on any atom is 0.320 e. The minimum absolute atomic E-state index is 0.0948. The Kier molecular flexibility index (Phi) is 6.81. The second kappa shape index (κ2) is 9.32. The van der Waals surface area contributed by atoms with Crippen LogP contribution in [-0.4, -0.2) is 60.0 Å². The van der Waals surface area contributed by atoms with Crippen molar-refractivity contribution >= 4 is 23.3 Å². The number of hydrogen-bond donors (Lipinski definition) is 0. The zero-order valence-corrected chi connectivity index (χ0v) is 16.7. The summed E-state index contributed by atoms with van der Waals surface area (Å²) in [6.07, 6.45) is 2.15. The largest absolute Gasteiger partial charge is 0.465 e. The van der Waals surface area contributed by atoms with Crippen molar-refractivity contribution in [3.63, 3.8) is 0 Å². The van der Waals surface area contributed by atoms with E-state index in [0.29, 0.717) is 44.5 Å². The molecule has 3 rings (SSSR count). The van der Waals surface area contributed by atoms with Gasteiger partial charge in [-0.2, -0.15) is 9.78 Å². The van der Waals surface area contributed by atoms with Gasteiger partial charge in [0.1, 0.15) is 16.5 Å². The molecule has 1 fully saturated rings. The molecule has 1 aliphatic heterocycles. The third-order valence-electron chi connectivity index (χ3n) is 4.63. The van der Waals surface area contributed by atoms with E-state index in [2.05, 4.69) is 5.10 Å². The maximum absolute atomic E-state index is 14.0. The summed E-state index contributed by atoms with van der Waals surface area (Å²) in [6, 6.07) is 2.85. The van der Waals surface area contributed by atoms with E-state index in [9.17, 15) is 18.4 Å². The number of halogens is 3. The molecule has 1 aliphatic rings. The van der Waals surface area contributed by atoms with Gasteiger partial charge in [0.2, 0.25) is 0 Å². The van der Waals surface area contributed by atoms with Crippen LogP contribution in [0, 0.1) is 11.6 Å². The molecule has 0 bridgehead atoms. The van der Waals surface area contributed by atoms with Crippen LogP contribution in [0.15, 0.2) is 29.2 Å². The molecule has 1 aromatic carbocycles. The van der Waals surface area contributed by atoms with E-state index in [1.165, 1.54) is 6.20 Å². The Labute approximate surface area is 171 Å². The number of benzene rings is 1. The first-order valence-electron chi connectivity index (χ1n) is 9.27. The van der Waals surface area contributed by atoms with Crippen LogP contribution in [0.3, 0.4) is 0 Å². The van der Waals surface area contributed by atoms with Gasteiger partial charge < -0.3 is 9.64 Å². The SMILES string of the molecule is CCOC(=O)CN1CCCN(c2cnn(-c3ccc(F)cc3F)c(=O)c2Cl)CC1. The number of anilines is 1. The van der Waals surface area contributed by atoms with Crippen molar-refractivity contribution in [3.8, 4) is 5.69 Å². The highest BCUT2D eigenvalue weighted by Crippen LogP contribution is 2.23. The van der Waals surface area contributed by atoms with E-state index < -0.39 is 17.2 Å². The molecule has 156 valence electrons. The number of carbonyl (C=O) groups is 1. The molecule has 7 nitrogen and oxygen atoms in total. The fourth-order valence-corrected chi connectivity index (χ4v) is 3.48. The molecule has 0 aliphatic carbocycles. The van der Waals surface area contributed by atoms with Gasteiger partial charge in [-0.1, -0.05) is 11.6 Å². The summed E-state index contributed by atoms with van der Waals surface area (Å²) in [5, 5.41) is 3.93. The van der Waals surface area contributed by atoms with Crippen molar-refractivity contribution < 1.29 is 18.3 Å². The van der Waals surface area contributed by atoms with Crippen LogP contribution in [0.5, 0.6) is 0 Å². The Morgan fingerprint density at radius 3 is 2.72 bits per heavy atom. The molecule has 0 amide bonds. The molecule has 2 heterocycles. The van der Waals surface area contributed by atoms with Crippen molar-refractivity contribution in [1.82, 2.24) is 14.7 Å². The first-order valence-corrected chi connectivity index (χ1v) is 9.64. The fraction of sp³-hybridized carbons (Fsp3) is 0.421. The number of esters is 1. The molecule has 0 radical (unpaired) electrons. The van der Waals surface area contributed by atoms with Gasteiger partial charge in [0.15, 0.2) is 5.82 Å². The Morgan fingerprint density at radius 1 is 1.21 bits per heavy atom. The Hall–Kier alpha value is -2.52. The lowest BCUT2D eigenvalue weighted by atomic mass is 10.3. The molecule has 0 atom stereocenters. The third kappa shape index (κ3) is 4.91. The van der Waals surface area contributed by atoms with Crippen LogP contribution >= 0.6 is 11.6 Å². The molecule has 1 aromatic heterocycles. The lowest BCUT2D eigenvalue weighted by Gasteiger charge is -2.24. The van der Waals surface area contributed by atoms with E-state index in [1.54, 1.807) is 6.92 Å². The second-order valence-corrected chi connectivity index (χ2v) is 6.96. The zero-order chi connectivity index (χ0) is 21.0. The number of nitrogens with zero attached hydrogens (tertiary/aromatic N) is 4. The lowest BCUT2D eigenvalue weighted by Crippen LogP contribution is -2.35. The summed E-state index contributed by atoms with van der Waals surface area (Å²) in [5.41, 5.74) is -0.433. The zero-order valence-electron chi connectivity index (χ0n) is 15.9. The summed E-state index contributed by atoms with van der Waals surface area (Å²) in [5.74, 6) is -1.93. The van der Waals surface area contributed by atoms with Gasteiger partial charge in [0.05, 0.1) is 25.0 Å². The smallest absolute Gasteiger partial charge is 0.320 e. The van der Waals surface area contributed by atoms with Gasteiger partial charge in [-0.05, 0) is 25.5 Å². The fourth-order valence-electron chi connectivity index (χ4n) is 3.23. The lowest BCUT2D eigenvalue weighted by molar-refractivity contribution is -0.144. The van der Waals surface area contributed by atoms with Gasteiger partial charge in [-0.3, -0.25) is 14.5 Å². The number of ether oxygens (including phenoxy) is 1. The van der Waals surface area contributed by atoms with Gasteiger partial charge in [-0.25, -0.2) is 8.78 Å². The van der Waals surface area contributed by atoms with Crippen molar-refractivity contribution in [2.24, 2.45) is 0 Å². The Bertz CT molecular complexity index is 954. The normalized spacial score (nSPS) is 15.2. The van der Waals surface area contributed by atoms with Crippen LogP contribution in [0.2, 0.25) is 5.02 Å². The molecular weight excluding hydrogens is 406 g/mol. The van der Waals surface area contributed by atoms with Gasteiger partial charge in [0, 0.05) is 32.2 Å².